The number of carbonyl (C=O) groups excluding carboxylic acids is 1. The van der Waals surface area contributed by atoms with Gasteiger partial charge in [-0.1, -0.05) is 0 Å². The smallest absolute Gasteiger partial charge is 0.425 e. The van der Waals surface area contributed by atoms with Gasteiger partial charge < -0.3 is 4.74 Å². The summed E-state index contributed by atoms with van der Waals surface area (Å²) in [4.78, 5) is 11.7. The lowest BCUT2D eigenvalue weighted by Gasteiger charge is -2.17. The maximum Gasteiger partial charge on any atom is 0.425 e. The monoisotopic (exact) mass is 596 g/mol. The Balaban J connectivity index is 2.99. The van der Waals surface area contributed by atoms with Gasteiger partial charge >= 0.3 is 12.1 Å². The Morgan fingerprint density at radius 2 is 1.83 bits per heavy atom. The van der Waals surface area contributed by atoms with Crippen LogP contribution in [-0.4, -0.2) is 18.2 Å². The zero-order valence-electron chi connectivity index (χ0n) is 8.82. The van der Waals surface area contributed by atoms with E-state index in [1.807, 2.05) is 73.8 Å². The first kappa shape index (κ1) is 16.7. The molecule has 0 saturated carbocycles. The van der Waals surface area contributed by atoms with E-state index >= 15 is 0 Å². The summed E-state index contributed by atoms with van der Waals surface area (Å²) < 4.78 is 43.5. The Bertz CT molecular complexity index is 474. The predicted molar refractivity (Wildman–Crippen MR) is 85.5 cm³/mol. The lowest BCUT2D eigenvalue weighted by molar-refractivity contribution is -0.198. The van der Waals surface area contributed by atoms with Crippen molar-refractivity contribution in [1.29, 1.82) is 0 Å². The molecule has 8 heteroatoms. The van der Waals surface area contributed by atoms with Crippen molar-refractivity contribution in [3.05, 3.63) is 28.4 Å². The van der Waals surface area contributed by atoms with E-state index in [-0.39, 0.29) is 5.56 Å². The SMILES string of the molecule is CC(OC(=O)c1cc(I)cc(I)c1I)C(F)(F)F. The van der Waals surface area contributed by atoms with Crippen LogP contribution >= 0.6 is 67.8 Å². The number of carbonyl (C=O) groups is 1. The van der Waals surface area contributed by atoms with Crippen LogP contribution in [0.1, 0.15) is 17.3 Å². The van der Waals surface area contributed by atoms with Crippen LogP contribution in [0.25, 0.3) is 0 Å². The van der Waals surface area contributed by atoms with Crippen LogP contribution in [0.4, 0.5) is 13.2 Å². The highest BCUT2D eigenvalue weighted by atomic mass is 127. The van der Waals surface area contributed by atoms with Crippen LogP contribution in [-0.2, 0) is 4.74 Å². The molecule has 0 spiro atoms. The van der Waals surface area contributed by atoms with E-state index in [1.165, 1.54) is 6.07 Å². The Morgan fingerprint density at radius 3 is 2.33 bits per heavy atom. The highest BCUT2D eigenvalue weighted by molar-refractivity contribution is 14.1. The number of hydrogen-bond donors (Lipinski definition) is 0. The fraction of sp³-hybridized carbons (Fsp3) is 0.300. The van der Waals surface area contributed by atoms with Gasteiger partial charge in [0, 0.05) is 10.7 Å². The van der Waals surface area contributed by atoms with E-state index in [0.29, 0.717) is 3.57 Å². The minimum absolute atomic E-state index is 0.156. The molecule has 1 aromatic carbocycles. The Kier molecular flexibility index (Phi) is 5.96. The second-order valence-corrected chi connectivity index (χ2v) is 6.82. The van der Waals surface area contributed by atoms with Gasteiger partial charge in [0.1, 0.15) is 0 Å². The molecule has 0 aliphatic carbocycles. The molecule has 2 nitrogen and oxygen atoms in total. The number of esters is 1. The Hall–Kier alpha value is 0.670. The highest BCUT2D eigenvalue weighted by Gasteiger charge is 2.39. The summed E-state index contributed by atoms with van der Waals surface area (Å²) in [6.45, 7) is 0.809. The third-order valence-corrected chi connectivity index (χ3v) is 5.63. The summed E-state index contributed by atoms with van der Waals surface area (Å²) in [6, 6.07) is 3.34. The number of hydrogen-bond acceptors (Lipinski definition) is 2. The standard InChI is InChI=1S/C10H6F3I3O2/c1-4(10(11,12)13)18-9(17)6-2-5(14)3-7(15)8(6)16/h2-4H,1H3. The van der Waals surface area contributed by atoms with Crippen molar-refractivity contribution < 1.29 is 22.7 Å². The first-order valence-corrected chi connectivity index (χ1v) is 7.78. The Morgan fingerprint density at radius 1 is 1.28 bits per heavy atom. The van der Waals surface area contributed by atoms with Crippen LogP contribution in [0, 0.1) is 10.7 Å². The summed E-state index contributed by atoms with van der Waals surface area (Å²) in [6.07, 6.45) is -6.66. The molecule has 0 aliphatic rings. The van der Waals surface area contributed by atoms with E-state index in [4.69, 9.17) is 0 Å². The Labute approximate surface area is 142 Å². The molecule has 1 rings (SSSR count). The van der Waals surface area contributed by atoms with Crippen molar-refractivity contribution in [2.75, 3.05) is 0 Å². The largest absolute Gasteiger partial charge is 0.449 e. The van der Waals surface area contributed by atoms with Crippen molar-refractivity contribution in [1.82, 2.24) is 0 Å². The molecule has 0 aliphatic heterocycles. The second-order valence-electron chi connectivity index (χ2n) is 3.34. The van der Waals surface area contributed by atoms with Crippen molar-refractivity contribution >= 4 is 73.7 Å². The molecule has 0 radical (unpaired) electrons. The van der Waals surface area contributed by atoms with E-state index < -0.39 is 18.2 Å². The zero-order chi connectivity index (χ0) is 14.1. The minimum Gasteiger partial charge on any atom is -0.449 e. The maximum absolute atomic E-state index is 12.3. The van der Waals surface area contributed by atoms with E-state index in [2.05, 4.69) is 4.74 Å². The van der Waals surface area contributed by atoms with Gasteiger partial charge in [0.05, 0.1) is 5.56 Å². The molecule has 0 amide bonds. The molecule has 1 aromatic rings. The van der Waals surface area contributed by atoms with Gasteiger partial charge in [-0.25, -0.2) is 4.79 Å². The summed E-state index contributed by atoms with van der Waals surface area (Å²) >= 11 is 5.92. The van der Waals surface area contributed by atoms with Crippen molar-refractivity contribution in [3.63, 3.8) is 0 Å². The minimum atomic E-state index is -4.55. The summed E-state index contributed by atoms with van der Waals surface area (Å²) in [5.41, 5.74) is 0.156. The quantitative estimate of drug-likeness (QED) is 0.284. The average Bonchev–Trinajstić information content (AvgIpc) is 2.21. The fourth-order valence-corrected chi connectivity index (χ4v) is 3.37. The molecule has 0 aromatic heterocycles. The first-order valence-electron chi connectivity index (χ1n) is 4.55. The number of benzene rings is 1. The van der Waals surface area contributed by atoms with Crippen molar-refractivity contribution in [3.8, 4) is 0 Å². The van der Waals surface area contributed by atoms with Gasteiger partial charge in [-0.05, 0) is 86.8 Å². The number of alkyl halides is 3. The van der Waals surface area contributed by atoms with Gasteiger partial charge in [0.25, 0.3) is 0 Å². The number of ether oxygens (including phenoxy) is 1. The van der Waals surface area contributed by atoms with E-state index in [1.54, 1.807) is 0 Å². The van der Waals surface area contributed by atoms with Gasteiger partial charge in [-0.15, -0.1) is 0 Å². The lowest BCUT2D eigenvalue weighted by atomic mass is 10.2. The lowest BCUT2D eigenvalue weighted by Crippen LogP contribution is -2.31. The van der Waals surface area contributed by atoms with Crippen LogP contribution in [0.3, 0.4) is 0 Å². The van der Waals surface area contributed by atoms with Crippen molar-refractivity contribution in [2.24, 2.45) is 0 Å². The van der Waals surface area contributed by atoms with Crippen molar-refractivity contribution in [2.45, 2.75) is 19.2 Å². The molecule has 1 atom stereocenters. The van der Waals surface area contributed by atoms with Crippen LogP contribution in [0.15, 0.2) is 12.1 Å². The third-order valence-electron chi connectivity index (χ3n) is 1.96. The number of halogens is 6. The summed E-state index contributed by atoms with van der Waals surface area (Å²) in [5.74, 6) is -0.958. The van der Waals surface area contributed by atoms with Gasteiger partial charge in [-0.3, -0.25) is 0 Å². The van der Waals surface area contributed by atoms with E-state index in [9.17, 15) is 18.0 Å². The molecular weight excluding hydrogens is 590 g/mol. The van der Waals surface area contributed by atoms with E-state index in [0.717, 1.165) is 14.1 Å². The molecule has 100 valence electrons. The summed E-state index contributed by atoms with van der Waals surface area (Å²) in [5, 5.41) is 0. The molecule has 1 unspecified atom stereocenters. The maximum atomic E-state index is 12.3. The highest BCUT2D eigenvalue weighted by Crippen LogP contribution is 2.26. The molecule has 0 bridgehead atoms. The average molecular weight is 596 g/mol. The van der Waals surface area contributed by atoms with Gasteiger partial charge in [0.2, 0.25) is 0 Å². The van der Waals surface area contributed by atoms with Crippen LogP contribution < -0.4 is 0 Å². The third kappa shape index (κ3) is 4.35. The van der Waals surface area contributed by atoms with Crippen LogP contribution in [0.5, 0.6) is 0 Å². The topological polar surface area (TPSA) is 26.3 Å². The van der Waals surface area contributed by atoms with Gasteiger partial charge in [-0.2, -0.15) is 13.2 Å². The second kappa shape index (κ2) is 6.41. The molecule has 0 N–H and O–H groups in total. The molecule has 0 heterocycles. The zero-order valence-corrected chi connectivity index (χ0v) is 15.3. The molecule has 0 saturated heterocycles. The molecular formula is C10H6F3I3O2. The van der Waals surface area contributed by atoms with Crippen LogP contribution in [0.2, 0.25) is 0 Å². The normalized spacial score (nSPS) is 13.3. The summed E-state index contributed by atoms with van der Waals surface area (Å²) in [7, 11) is 0. The fourth-order valence-electron chi connectivity index (χ4n) is 0.995. The first-order chi connectivity index (χ1) is 8.12. The molecule has 18 heavy (non-hydrogen) atoms. The van der Waals surface area contributed by atoms with Gasteiger partial charge in [0.15, 0.2) is 6.10 Å². The predicted octanol–water partition coefficient (Wildman–Crippen LogP) is 4.61. The molecule has 0 fully saturated rings. The number of rotatable bonds is 2.